The summed E-state index contributed by atoms with van der Waals surface area (Å²) in [6, 6.07) is 11.9. The van der Waals surface area contributed by atoms with Crippen LogP contribution in [0.25, 0.3) is 10.9 Å². The molecule has 1 amide bonds. The summed E-state index contributed by atoms with van der Waals surface area (Å²) in [4.78, 5) is 29.9. The lowest BCUT2D eigenvalue weighted by atomic mass is 9.96. The van der Waals surface area contributed by atoms with Crippen molar-refractivity contribution < 1.29 is 24.5 Å². The number of aromatic nitrogens is 1. The SMILES string of the molecule is CCOc1cc([C@@H]2C(C(C)=O)=C(O)C(=O)N2CCc2c[nH]c3ccccc23)ccc1O. The van der Waals surface area contributed by atoms with Crippen molar-refractivity contribution in [1.29, 1.82) is 0 Å². The molecular formula is C24H24N2O5. The Labute approximate surface area is 179 Å². The third-order valence-electron chi connectivity index (χ3n) is 5.58. The number of aromatic hydroxyl groups is 1. The van der Waals surface area contributed by atoms with Crippen LogP contribution in [0.1, 0.15) is 31.0 Å². The van der Waals surface area contributed by atoms with Crippen molar-refractivity contribution >= 4 is 22.6 Å². The van der Waals surface area contributed by atoms with Crippen molar-refractivity contribution in [2.24, 2.45) is 0 Å². The molecule has 0 bridgehead atoms. The summed E-state index contributed by atoms with van der Waals surface area (Å²) in [6.45, 7) is 3.78. The summed E-state index contributed by atoms with van der Waals surface area (Å²) in [5, 5.41) is 21.6. The topological polar surface area (TPSA) is 103 Å². The highest BCUT2D eigenvalue weighted by Gasteiger charge is 2.42. The number of ether oxygens (including phenoxy) is 1. The number of aliphatic hydroxyl groups excluding tert-OH is 1. The lowest BCUT2D eigenvalue weighted by Crippen LogP contribution is -2.32. The molecule has 2 aromatic carbocycles. The molecule has 31 heavy (non-hydrogen) atoms. The molecule has 7 nitrogen and oxygen atoms in total. The van der Waals surface area contributed by atoms with Gasteiger partial charge in [-0.05, 0) is 49.6 Å². The lowest BCUT2D eigenvalue weighted by molar-refractivity contribution is -0.129. The van der Waals surface area contributed by atoms with Crippen molar-refractivity contribution in [3.8, 4) is 11.5 Å². The predicted octanol–water partition coefficient (Wildman–Crippen LogP) is 3.80. The number of amides is 1. The molecule has 0 aliphatic carbocycles. The van der Waals surface area contributed by atoms with Crippen LogP contribution in [-0.2, 0) is 16.0 Å². The number of carbonyl (C=O) groups excluding carboxylic acids is 2. The zero-order chi connectivity index (χ0) is 22.1. The van der Waals surface area contributed by atoms with E-state index < -0.39 is 17.7 Å². The molecule has 0 unspecified atom stereocenters. The summed E-state index contributed by atoms with van der Waals surface area (Å²) >= 11 is 0. The minimum atomic E-state index is -0.755. The summed E-state index contributed by atoms with van der Waals surface area (Å²) in [6.07, 6.45) is 2.45. The number of aromatic amines is 1. The highest BCUT2D eigenvalue weighted by molar-refractivity contribution is 6.08. The van der Waals surface area contributed by atoms with Gasteiger partial charge in [0.05, 0.1) is 18.2 Å². The molecule has 1 aliphatic heterocycles. The summed E-state index contributed by atoms with van der Waals surface area (Å²) in [5.41, 5.74) is 2.69. The zero-order valence-electron chi connectivity index (χ0n) is 17.4. The molecule has 3 aromatic rings. The van der Waals surface area contributed by atoms with E-state index >= 15 is 0 Å². The number of H-pyrrole nitrogens is 1. The summed E-state index contributed by atoms with van der Waals surface area (Å²) in [5.74, 6) is -1.25. The van der Waals surface area contributed by atoms with Gasteiger partial charge in [0.1, 0.15) is 0 Å². The molecule has 0 spiro atoms. The van der Waals surface area contributed by atoms with E-state index in [2.05, 4.69) is 4.98 Å². The Morgan fingerprint density at radius 2 is 1.97 bits per heavy atom. The van der Waals surface area contributed by atoms with Crippen LogP contribution in [0.5, 0.6) is 11.5 Å². The van der Waals surface area contributed by atoms with E-state index in [4.69, 9.17) is 4.74 Å². The van der Waals surface area contributed by atoms with Gasteiger partial charge in [-0.15, -0.1) is 0 Å². The van der Waals surface area contributed by atoms with Gasteiger partial charge in [-0.1, -0.05) is 24.3 Å². The number of phenols is 1. The molecule has 1 aromatic heterocycles. The van der Waals surface area contributed by atoms with Crippen molar-refractivity contribution in [1.82, 2.24) is 9.88 Å². The number of para-hydroxylation sites is 1. The second kappa shape index (κ2) is 8.18. The molecule has 4 rings (SSSR count). The first kappa shape index (κ1) is 20.5. The molecule has 2 heterocycles. The van der Waals surface area contributed by atoms with Gasteiger partial charge in [0.15, 0.2) is 23.0 Å². The molecule has 0 fully saturated rings. The van der Waals surface area contributed by atoms with Crippen LogP contribution in [0.15, 0.2) is 60.0 Å². The Kier molecular flexibility index (Phi) is 5.42. The molecule has 0 saturated carbocycles. The maximum Gasteiger partial charge on any atom is 0.290 e. The van der Waals surface area contributed by atoms with E-state index in [1.54, 1.807) is 19.1 Å². The van der Waals surface area contributed by atoms with Crippen LogP contribution in [0.4, 0.5) is 0 Å². The molecule has 7 heteroatoms. The van der Waals surface area contributed by atoms with Crippen molar-refractivity contribution in [2.75, 3.05) is 13.2 Å². The van der Waals surface area contributed by atoms with Gasteiger partial charge in [-0.25, -0.2) is 0 Å². The largest absolute Gasteiger partial charge is 0.504 e. The quantitative estimate of drug-likeness (QED) is 0.540. The summed E-state index contributed by atoms with van der Waals surface area (Å²) < 4.78 is 5.47. The fourth-order valence-corrected chi connectivity index (χ4v) is 4.14. The molecule has 1 atom stereocenters. The van der Waals surface area contributed by atoms with Gasteiger partial charge in [0.2, 0.25) is 0 Å². The van der Waals surface area contributed by atoms with Crippen LogP contribution in [0, 0.1) is 0 Å². The number of nitrogens with one attached hydrogen (secondary N) is 1. The van der Waals surface area contributed by atoms with Crippen LogP contribution < -0.4 is 4.74 Å². The monoisotopic (exact) mass is 420 g/mol. The van der Waals surface area contributed by atoms with Crippen LogP contribution in [-0.4, -0.2) is 44.9 Å². The number of aliphatic hydroxyl groups is 1. The Morgan fingerprint density at radius 1 is 1.19 bits per heavy atom. The Morgan fingerprint density at radius 3 is 2.71 bits per heavy atom. The fraction of sp³-hybridized carbons (Fsp3) is 0.250. The van der Waals surface area contributed by atoms with Crippen LogP contribution >= 0.6 is 0 Å². The second-order valence-corrected chi connectivity index (χ2v) is 7.49. The van der Waals surface area contributed by atoms with Crippen molar-refractivity contribution in [2.45, 2.75) is 26.3 Å². The standard InChI is InChI=1S/C24H24N2O5/c1-3-31-20-12-15(8-9-19(20)28)22-21(14(2)27)23(29)24(30)26(22)11-10-16-13-25-18-7-5-4-6-17(16)18/h4-9,12-13,22,25,28-29H,3,10-11H2,1-2H3/t22-/m1/s1. The summed E-state index contributed by atoms with van der Waals surface area (Å²) in [7, 11) is 0. The first-order valence-corrected chi connectivity index (χ1v) is 10.2. The first-order valence-electron chi connectivity index (χ1n) is 10.2. The molecule has 0 radical (unpaired) electrons. The third kappa shape index (κ3) is 3.63. The van der Waals surface area contributed by atoms with Gasteiger partial charge in [0, 0.05) is 23.6 Å². The Balaban J connectivity index is 1.69. The normalized spacial score (nSPS) is 16.4. The number of hydrogen-bond acceptors (Lipinski definition) is 5. The number of Topliss-reactive ketones (excluding diaryl/α,β-unsaturated/α-hetero) is 1. The van der Waals surface area contributed by atoms with E-state index in [1.807, 2.05) is 30.5 Å². The van der Waals surface area contributed by atoms with Crippen molar-refractivity contribution in [3.63, 3.8) is 0 Å². The Bertz CT molecular complexity index is 1190. The average Bonchev–Trinajstić information content (AvgIpc) is 3.27. The van der Waals surface area contributed by atoms with Gasteiger partial charge < -0.3 is 24.8 Å². The number of benzene rings is 2. The predicted molar refractivity (Wildman–Crippen MR) is 116 cm³/mol. The molecule has 3 N–H and O–H groups in total. The average molecular weight is 420 g/mol. The number of hydrogen-bond donors (Lipinski definition) is 3. The molecule has 160 valence electrons. The lowest BCUT2D eigenvalue weighted by Gasteiger charge is -2.27. The van der Waals surface area contributed by atoms with E-state index in [1.165, 1.54) is 17.9 Å². The number of ketones is 1. The van der Waals surface area contributed by atoms with Gasteiger partial charge in [-0.3, -0.25) is 9.59 Å². The van der Waals surface area contributed by atoms with E-state index in [0.29, 0.717) is 25.1 Å². The highest BCUT2D eigenvalue weighted by atomic mass is 16.5. The number of fused-ring (bicyclic) bond motifs is 1. The molecule has 1 aliphatic rings. The first-order chi connectivity index (χ1) is 14.9. The Hall–Kier alpha value is -3.74. The van der Waals surface area contributed by atoms with Crippen LogP contribution in [0.2, 0.25) is 0 Å². The number of rotatable bonds is 7. The van der Waals surface area contributed by atoms with Gasteiger partial charge >= 0.3 is 0 Å². The van der Waals surface area contributed by atoms with Crippen LogP contribution in [0.3, 0.4) is 0 Å². The third-order valence-corrected chi connectivity index (χ3v) is 5.58. The number of nitrogens with zero attached hydrogens (tertiary/aromatic N) is 1. The van der Waals surface area contributed by atoms with Crippen molar-refractivity contribution in [3.05, 3.63) is 71.1 Å². The maximum absolute atomic E-state index is 12.9. The highest BCUT2D eigenvalue weighted by Crippen LogP contribution is 2.40. The molecular weight excluding hydrogens is 396 g/mol. The smallest absolute Gasteiger partial charge is 0.290 e. The zero-order valence-corrected chi connectivity index (χ0v) is 17.4. The van der Waals surface area contributed by atoms with Gasteiger partial charge in [0.25, 0.3) is 5.91 Å². The van der Waals surface area contributed by atoms with E-state index in [9.17, 15) is 19.8 Å². The second-order valence-electron chi connectivity index (χ2n) is 7.49. The fourth-order valence-electron chi connectivity index (χ4n) is 4.14. The maximum atomic E-state index is 12.9. The van der Waals surface area contributed by atoms with E-state index in [-0.39, 0.29) is 22.9 Å². The minimum absolute atomic E-state index is 0.0298. The molecule has 0 saturated heterocycles. The number of carbonyl (C=O) groups is 2. The minimum Gasteiger partial charge on any atom is -0.504 e. The van der Waals surface area contributed by atoms with Gasteiger partial charge in [-0.2, -0.15) is 0 Å². The number of phenolic OH excluding ortho intramolecular Hbond substituents is 1. The van der Waals surface area contributed by atoms with E-state index in [0.717, 1.165) is 16.5 Å².